The van der Waals surface area contributed by atoms with Gasteiger partial charge in [0.2, 0.25) is 0 Å². The Morgan fingerprint density at radius 1 is 0.879 bits per heavy atom. The zero-order valence-electron chi connectivity index (χ0n) is 18.2. The number of ether oxygens (including phenoxy) is 2. The van der Waals surface area contributed by atoms with Crippen molar-refractivity contribution in [2.24, 2.45) is 5.92 Å². The molecule has 0 saturated carbocycles. The van der Waals surface area contributed by atoms with Crippen molar-refractivity contribution < 1.29 is 23.5 Å². The molecule has 0 aliphatic carbocycles. The van der Waals surface area contributed by atoms with Gasteiger partial charge in [0.05, 0.1) is 12.2 Å². The van der Waals surface area contributed by atoms with Gasteiger partial charge in [0.1, 0.15) is 12.4 Å². The van der Waals surface area contributed by atoms with Crippen molar-refractivity contribution in [3.05, 3.63) is 107 Å². The fraction of sp³-hybridized carbons (Fsp3) is 0.259. The first-order valence-electron chi connectivity index (χ1n) is 11.0. The number of hydrogen-bond donors (Lipinski definition) is 0. The van der Waals surface area contributed by atoms with Crippen LogP contribution in [0.25, 0.3) is 0 Å². The summed E-state index contributed by atoms with van der Waals surface area (Å²) in [5, 5.41) is 0. The highest BCUT2D eigenvalue weighted by Gasteiger charge is 2.34. The average Bonchev–Trinajstić information content (AvgIpc) is 2.87. The van der Waals surface area contributed by atoms with Crippen molar-refractivity contribution in [2.45, 2.75) is 18.9 Å². The first-order valence-corrected chi connectivity index (χ1v) is 11.0. The van der Waals surface area contributed by atoms with Crippen molar-refractivity contribution in [1.29, 1.82) is 0 Å². The molecule has 1 saturated heterocycles. The summed E-state index contributed by atoms with van der Waals surface area (Å²) in [4.78, 5) is 26.8. The zero-order chi connectivity index (χ0) is 23.0. The first kappa shape index (κ1) is 22.5. The molecule has 1 fully saturated rings. The molecule has 170 valence electrons. The highest BCUT2D eigenvalue weighted by atomic mass is 19.1. The first-order chi connectivity index (χ1) is 16.1. The summed E-state index contributed by atoms with van der Waals surface area (Å²) in [6.45, 7) is 1.25. The van der Waals surface area contributed by atoms with Gasteiger partial charge in [-0.15, -0.1) is 0 Å². The fourth-order valence-corrected chi connectivity index (χ4v) is 4.17. The van der Waals surface area contributed by atoms with Crippen molar-refractivity contribution in [3.8, 4) is 0 Å². The second-order valence-electron chi connectivity index (χ2n) is 8.16. The van der Waals surface area contributed by atoms with Crippen LogP contribution in [0.3, 0.4) is 0 Å². The number of benzene rings is 3. The molecule has 4 rings (SSSR count). The van der Waals surface area contributed by atoms with E-state index in [9.17, 15) is 14.0 Å². The highest BCUT2D eigenvalue weighted by molar-refractivity contribution is 5.89. The third-order valence-electron chi connectivity index (χ3n) is 5.93. The van der Waals surface area contributed by atoms with Gasteiger partial charge in [-0.1, -0.05) is 60.7 Å². The van der Waals surface area contributed by atoms with E-state index in [2.05, 4.69) is 0 Å². The van der Waals surface area contributed by atoms with Gasteiger partial charge in [-0.2, -0.15) is 0 Å². The van der Waals surface area contributed by atoms with Crippen LogP contribution in [0.1, 0.15) is 33.8 Å². The number of halogens is 1. The van der Waals surface area contributed by atoms with E-state index in [1.165, 1.54) is 12.1 Å². The molecule has 6 heteroatoms. The normalized spacial score (nSPS) is 17.9. The molecular formula is C27H26FNO4. The van der Waals surface area contributed by atoms with Gasteiger partial charge in [0.25, 0.3) is 0 Å². The van der Waals surface area contributed by atoms with Crippen LogP contribution >= 0.6 is 0 Å². The van der Waals surface area contributed by atoms with E-state index < -0.39 is 12.1 Å². The molecule has 3 aromatic carbocycles. The lowest BCUT2D eigenvalue weighted by atomic mass is 9.81. The Morgan fingerprint density at radius 3 is 2.24 bits per heavy atom. The van der Waals surface area contributed by atoms with E-state index >= 15 is 0 Å². The predicted molar refractivity (Wildman–Crippen MR) is 122 cm³/mol. The van der Waals surface area contributed by atoms with Crippen molar-refractivity contribution in [2.75, 3.05) is 19.7 Å². The third-order valence-corrected chi connectivity index (χ3v) is 5.93. The summed E-state index contributed by atoms with van der Waals surface area (Å²) in [5.74, 6) is -0.807. The van der Waals surface area contributed by atoms with E-state index in [4.69, 9.17) is 9.47 Å². The van der Waals surface area contributed by atoms with Gasteiger partial charge in [-0.3, -0.25) is 0 Å². The summed E-state index contributed by atoms with van der Waals surface area (Å²) in [6, 6.07) is 24.7. The van der Waals surface area contributed by atoms with Gasteiger partial charge >= 0.3 is 12.1 Å². The Balaban J connectivity index is 1.43. The van der Waals surface area contributed by atoms with E-state index in [-0.39, 0.29) is 30.9 Å². The maximum Gasteiger partial charge on any atom is 0.410 e. The van der Waals surface area contributed by atoms with Crippen LogP contribution in [0.4, 0.5) is 9.18 Å². The highest BCUT2D eigenvalue weighted by Crippen LogP contribution is 2.34. The van der Waals surface area contributed by atoms with Crippen molar-refractivity contribution >= 4 is 12.1 Å². The predicted octanol–water partition coefficient (Wildman–Crippen LogP) is 5.43. The molecule has 3 aromatic rings. The lowest BCUT2D eigenvalue weighted by molar-refractivity contribution is 0.0285. The Kier molecular flexibility index (Phi) is 7.35. The number of nitrogens with zero attached hydrogens (tertiary/aromatic N) is 1. The second kappa shape index (κ2) is 10.8. The molecule has 1 aliphatic heterocycles. The van der Waals surface area contributed by atoms with E-state index in [1.54, 1.807) is 41.3 Å². The second-order valence-corrected chi connectivity index (χ2v) is 8.16. The topological polar surface area (TPSA) is 55.8 Å². The number of likely N-dealkylation sites (tertiary alicyclic amines) is 1. The molecule has 0 spiro atoms. The molecule has 0 radical (unpaired) electrons. The summed E-state index contributed by atoms with van der Waals surface area (Å²) in [6.07, 6.45) is 0.274. The van der Waals surface area contributed by atoms with Crippen molar-refractivity contribution in [3.63, 3.8) is 0 Å². The van der Waals surface area contributed by atoms with Gasteiger partial charge < -0.3 is 14.4 Å². The zero-order valence-corrected chi connectivity index (χ0v) is 18.2. The molecular weight excluding hydrogens is 421 g/mol. The fourth-order valence-electron chi connectivity index (χ4n) is 4.17. The molecule has 0 unspecified atom stereocenters. The minimum atomic E-state index is -0.405. The van der Waals surface area contributed by atoms with Crippen LogP contribution in [0, 0.1) is 11.7 Å². The number of rotatable bonds is 6. The summed E-state index contributed by atoms with van der Waals surface area (Å²) < 4.78 is 24.6. The molecule has 1 amide bonds. The van der Waals surface area contributed by atoms with Crippen molar-refractivity contribution in [1.82, 2.24) is 4.90 Å². The number of piperidine rings is 1. The SMILES string of the molecule is O=C(OC[C@@H]1CN(C(=O)OCc2ccccc2)CC[C@H]1c1ccc(F)cc1)c1ccccc1. The number of hydrogen-bond acceptors (Lipinski definition) is 4. The number of amides is 1. The van der Waals surface area contributed by atoms with E-state index in [0.717, 1.165) is 11.1 Å². The van der Waals surface area contributed by atoms with Gasteiger partial charge in [0, 0.05) is 19.0 Å². The quantitative estimate of drug-likeness (QED) is 0.473. The Hall–Kier alpha value is -3.67. The van der Waals surface area contributed by atoms with Gasteiger partial charge in [-0.25, -0.2) is 14.0 Å². The molecule has 33 heavy (non-hydrogen) atoms. The summed E-state index contributed by atoms with van der Waals surface area (Å²) >= 11 is 0. The molecule has 2 atom stereocenters. The third kappa shape index (κ3) is 5.98. The Morgan fingerprint density at radius 2 is 1.55 bits per heavy atom. The maximum atomic E-state index is 13.4. The lowest BCUT2D eigenvalue weighted by Gasteiger charge is -2.38. The van der Waals surface area contributed by atoms with Gasteiger partial charge in [-0.05, 0) is 47.7 Å². The number of carbonyl (C=O) groups is 2. The standard InChI is InChI=1S/C27H26FNO4/c28-24-13-11-21(12-14-24)25-15-16-29(27(31)33-18-20-7-3-1-4-8-20)17-23(25)19-32-26(30)22-9-5-2-6-10-22/h1-14,23,25H,15-19H2/t23-,25-/m0/s1. The van der Waals surface area contributed by atoms with E-state index in [1.807, 2.05) is 36.4 Å². The smallest absolute Gasteiger partial charge is 0.410 e. The van der Waals surface area contributed by atoms with E-state index in [0.29, 0.717) is 25.1 Å². The lowest BCUT2D eigenvalue weighted by Crippen LogP contribution is -2.45. The van der Waals surface area contributed by atoms with Crippen LogP contribution < -0.4 is 0 Å². The Bertz CT molecular complexity index is 1060. The van der Waals surface area contributed by atoms with Crippen LogP contribution in [0.15, 0.2) is 84.9 Å². The van der Waals surface area contributed by atoms with Crippen LogP contribution in [0.2, 0.25) is 0 Å². The number of carbonyl (C=O) groups excluding carboxylic acids is 2. The maximum absolute atomic E-state index is 13.4. The van der Waals surface area contributed by atoms with Crippen LogP contribution in [0.5, 0.6) is 0 Å². The minimum absolute atomic E-state index is 0.0346. The van der Waals surface area contributed by atoms with Crippen LogP contribution in [-0.2, 0) is 16.1 Å². The molecule has 1 aliphatic rings. The average molecular weight is 448 g/mol. The summed E-state index contributed by atoms with van der Waals surface area (Å²) in [7, 11) is 0. The summed E-state index contributed by atoms with van der Waals surface area (Å²) in [5.41, 5.74) is 2.36. The van der Waals surface area contributed by atoms with Crippen LogP contribution in [-0.4, -0.2) is 36.7 Å². The largest absolute Gasteiger partial charge is 0.462 e. The Labute approximate surface area is 192 Å². The minimum Gasteiger partial charge on any atom is -0.462 e. The molecule has 5 nitrogen and oxygen atoms in total. The molecule has 0 aromatic heterocycles. The monoisotopic (exact) mass is 447 g/mol. The molecule has 1 heterocycles. The molecule has 0 bridgehead atoms. The van der Waals surface area contributed by atoms with Gasteiger partial charge in [0.15, 0.2) is 0 Å². The number of esters is 1. The molecule has 0 N–H and O–H groups in total.